The number of rotatable bonds is 16. The molecule has 0 saturated heterocycles. The minimum atomic E-state index is -0.925. The number of carboxylic acids is 3. The Morgan fingerprint density at radius 2 is 0.659 bits per heavy atom. The minimum Gasteiger partial charge on any atom is -0.550 e. The van der Waals surface area contributed by atoms with Gasteiger partial charge in [0.15, 0.2) is 0 Å². The van der Waals surface area contributed by atoms with E-state index in [9.17, 15) is 29.7 Å². The average Bonchev–Trinajstić information content (AvgIpc) is 2.76. The van der Waals surface area contributed by atoms with E-state index in [1.165, 1.54) is 19.3 Å². The summed E-state index contributed by atoms with van der Waals surface area (Å²) >= 11 is 0. The van der Waals surface area contributed by atoms with Crippen molar-refractivity contribution in [2.75, 3.05) is 0 Å². The van der Waals surface area contributed by atoms with E-state index in [4.69, 9.17) is 0 Å². The molecule has 0 spiro atoms. The molecule has 0 aromatic carbocycles. The van der Waals surface area contributed by atoms with Crippen LogP contribution in [0.2, 0.25) is 0 Å². The smallest absolute Gasteiger partial charge is 0.550 e. The summed E-state index contributed by atoms with van der Waals surface area (Å²) in [5, 5.41) is 30.1. The van der Waals surface area contributed by atoms with E-state index in [1.54, 1.807) is 12.2 Å². The molecule has 6 nitrogen and oxygen atoms in total. The number of aliphatic carboxylic acids is 3. The summed E-state index contributed by atoms with van der Waals surface area (Å²) in [6.07, 6.45) is 16.1. The maximum Gasteiger partial charge on any atom is 3.00 e. The number of carbonyl (C=O) groups excluding carboxylic acids is 3. The zero-order valence-electron chi connectivity index (χ0n) is 28.1. The van der Waals surface area contributed by atoms with Crippen LogP contribution in [0, 0.1) is 57.1 Å². The van der Waals surface area contributed by atoms with Gasteiger partial charge in [0, 0.05) is 17.9 Å². The van der Waals surface area contributed by atoms with Crippen molar-refractivity contribution in [1.82, 2.24) is 0 Å². The van der Waals surface area contributed by atoms with Gasteiger partial charge in [-0.3, -0.25) is 0 Å². The summed E-state index contributed by atoms with van der Waals surface area (Å²) in [5.41, 5.74) is 1.13. The first-order valence-corrected chi connectivity index (χ1v) is 15.0. The third-order valence-electron chi connectivity index (χ3n) is 5.59. The SMILES string of the molecule is C=CC=C.CC(C)(C)CCCCCC(=O)[O-].CC(C)(C)CCCCCC(=O)[O-].CC(C)(C)CCCCCC(=O)[O-].[Nd+3]. The maximum atomic E-state index is 10.0. The van der Waals surface area contributed by atoms with E-state index in [0.29, 0.717) is 16.2 Å². The fourth-order valence-electron chi connectivity index (χ4n) is 3.30. The van der Waals surface area contributed by atoms with Crippen molar-refractivity contribution in [3.8, 4) is 0 Å². The van der Waals surface area contributed by atoms with E-state index in [1.807, 2.05) is 0 Å². The van der Waals surface area contributed by atoms with Crippen molar-refractivity contribution in [2.45, 2.75) is 159 Å². The average molecular weight is 712 g/mol. The van der Waals surface area contributed by atoms with Crippen LogP contribution in [0.1, 0.15) is 159 Å². The van der Waals surface area contributed by atoms with Crippen molar-refractivity contribution in [1.29, 1.82) is 0 Å². The first-order chi connectivity index (χ1) is 18.2. The molecular formula is C34H63NdO6. The molecule has 7 heteroatoms. The van der Waals surface area contributed by atoms with Crippen LogP contribution in [0.25, 0.3) is 0 Å². The van der Waals surface area contributed by atoms with Crippen molar-refractivity contribution in [3.63, 3.8) is 0 Å². The summed E-state index contributed by atoms with van der Waals surface area (Å²) in [6, 6.07) is 0. The standard InChI is InChI=1S/3C10H20O2.C4H6.Nd/c3*1-10(2,3)8-6-4-5-7-9(11)12;1-3-4-2;/h3*4-8H2,1-3H3,(H,11,12);3-4H,1-2H2;/q;;;;+3/p-3. The van der Waals surface area contributed by atoms with Gasteiger partial charge in [-0.1, -0.05) is 126 Å². The fraction of sp³-hybridized carbons (Fsp3) is 0.794. The zero-order chi connectivity index (χ0) is 32.3. The Balaban J connectivity index is -0.000000146. The van der Waals surface area contributed by atoms with Gasteiger partial charge in [-0.15, -0.1) is 0 Å². The van der Waals surface area contributed by atoms with Gasteiger partial charge in [-0.2, -0.15) is 0 Å². The van der Waals surface area contributed by atoms with Gasteiger partial charge >= 0.3 is 40.8 Å². The molecule has 1 radical (unpaired) electrons. The number of hydrogen-bond donors (Lipinski definition) is 0. The molecule has 0 atom stereocenters. The van der Waals surface area contributed by atoms with Crippen molar-refractivity contribution >= 4 is 17.9 Å². The molecule has 0 fully saturated rings. The molecule has 239 valence electrons. The molecule has 0 amide bonds. The number of hydrogen-bond acceptors (Lipinski definition) is 6. The molecule has 0 aliphatic rings. The Bertz CT molecular complexity index is 565. The van der Waals surface area contributed by atoms with Crippen LogP contribution in [0.4, 0.5) is 0 Å². The monoisotopic (exact) mass is 709 g/mol. The molecule has 0 aliphatic carbocycles. The predicted octanol–water partition coefficient (Wildman–Crippen LogP) is 6.56. The molecule has 0 saturated carbocycles. The van der Waals surface area contributed by atoms with E-state index in [-0.39, 0.29) is 60.1 Å². The van der Waals surface area contributed by atoms with Gasteiger partial charge in [-0.05, 0) is 74.0 Å². The molecule has 0 unspecified atom stereocenters. The first-order valence-electron chi connectivity index (χ1n) is 15.0. The molecule has 0 aromatic heterocycles. The van der Waals surface area contributed by atoms with Gasteiger partial charge in [0.05, 0.1) is 0 Å². The van der Waals surface area contributed by atoms with Crippen LogP contribution in [-0.2, 0) is 14.4 Å². The molecule has 0 bridgehead atoms. The van der Waals surface area contributed by atoms with Crippen LogP contribution < -0.4 is 15.3 Å². The largest absolute Gasteiger partial charge is 3.00 e. The Hall–Kier alpha value is -0.759. The second kappa shape index (κ2) is 30.7. The Labute approximate surface area is 286 Å². The molecule has 0 heterocycles. The molecule has 0 aliphatic heterocycles. The molecule has 0 rings (SSSR count). The van der Waals surface area contributed by atoms with Crippen LogP contribution >= 0.6 is 0 Å². The maximum absolute atomic E-state index is 10.0. The Morgan fingerprint density at radius 1 is 0.463 bits per heavy atom. The van der Waals surface area contributed by atoms with Gasteiger partial charge < -0.3 is 29.7 Å². The molecule has 0 aromatic rings. The number of allylic oxidation sites excluding steroid dienone is 2. The summed E-state index contributed by atoms with van der Waals surface area (Å²) in [7, 11) is 0. The summed E-state index contributed by atoms with van der Waals surface area (Å²) < 4.78 is 0. The van der Waals surface area contributed by atoms with E-state index >= 15 is 0 Å². The second-order valence-corrected chi connectivity index (χ2v) is 14.0. The number of carboxylic acid groups (broad SMARTS) is 3. The fourth-order valence-corrected chi connectivity index (χ4v) is 3.30. The quantitative estimate of drug-likeness (QED) is 0.132. The Kier molecular flexibility index (Phi) is 37.3. The first kappa shape index (κ1) is 49.9. The number of unbranched alkanes of at least 4 members (excludes halogenated alkanes) is 6. The minimum absolute atomic E-state index is 0. The van der Waals surface area contributed by atoms with E-state index in [0.717, 1.165) is 57.8 Å². The molecular weight excluding hydrogens is 649 g/mol. The van der Waals surface area contributed by atoms with Crippen LogP contribution in [0.3, 0.4) is 0 Å². The third-order valence-corrected chi connectivity index (χ3v) is 5.59. The van der Waals surface area contributed by atoms with Crippen molar-refractivity contribution < 1.29 is 70.5 Å². The zero-order valence-corrected chi connectivity index (χ0v) is 31.3. The Morgan fingerprint density at radius 3 is 0.780 bits per heavy atom. The normalized spacial score (nSPS) is 10.7. The number of carbonyl (C=O) groups is 3. The molecule has 41 heavy (non-hydrogen) atoms. The van der Waals surface area contributed by atoms with Crippen LogP contribution in [0.15, 0.2) is 25.3 Å². The third kappa shape index (κ3) is 73.3. The second-order valence-electron chi connectivity index (χ2n) is 14.0. The van der Waals surface area contributed by atoms with Gasteiger partial charge in [-0.25, -0.2) is 0 Å². The van der Waals surface area contributed by atoms with Crippen molar-refractivity contribution in [2.24, 2.45) is 16.2 Å². The van der Waals surface area contributed by atoms with Gasteiger partial charge in [0.1, 0.15) is 0 Å². The van der Waals surface area contributed by atoms with E-state index < -0.39 is 17.9 Å². The van der Waals surface area contributed by atoms with Crippen molar-refractivity contribution in [3.05, 3.63) is 25.3 Å². The van der Waals surface area contributed by atoms with Gasteiger partial charge in [0.25, 0.3) is 0 Å². The van der Waals surface area contributed by atoms with Gasteiger partial charge in [0.2, 0.25) is 0 Å². The summed E-state index contributed by atoms with van der Waals surface area (Å²) in [6.45, 7) is 26.5. The summed E-state index contributed by atoms with van der Waals surface area (Å²) in [4.78, 5) is 30.1. The van der Waals surface area contributed by atoms with E-state index in [2.05, 4.69) is 75.5 Å². The molecule has 0 N–H and O–H groups in total. The van der Waals surface area contributed by atoms with Crippen LogP contribution in [0.5, 0.6) is 0 Å². The predicted molar refractivity (Wildman–Crippen MR) is 163 cm³/mol. The summed E-state index contributed by atoms with van der Waals surface area (Å²) in [5.74, 6) is -2.78. The topological polar surface area (TPSA) is 120 Å². The van der Waals surface area contributed by atoms with Crippen LogP contribution in [-0.4, -0.2) is 17.9 Å².